The van der Waals surface area contributed by atoms with Crippen LogP contribution in [0.5, 0.6) is 0 Å². The molecular weight excluding hydrogens is 448 g/mol. The molecule has 0 aliphatic heterocycles. The van der Waals surface area contributed by atoms with Crippen LogP contribution in [-0.4, -0.2) is 62.0 Å². The highest BCUT2D eigenvalue weighted by molar-refractivity contribution is 5.78. The van der Waals surface area contributed by atoms with Gasteiger partial charge < -0.3 is 20.1 Å². The van der Waals surface area contributed by atoms with Crippen LogP contribution in [0, 0.1) is 5.82 Å². The molecular formula is C22H27F2N7O3. The summed E-state index contributed by atoms with van der Waals surface area (Å²) >= 11 is 0. The van der Waals surface area contributed by atoms with Crippen LogP contribution in [-0.2, 0) is 20.9 Å². The molecule has 3 atom stereocenters. The van der Waals surface area contributed by atoms with E-state index in [1.54, 1.807) is 12.3 Å². The summed E-state index contributed by atoms with van der Waals surface area (Å²) in [6.45, 7) is 2.07. The van der Waals surface area contributed by atoms with Gasteiger partial charge in [0.05, 0.1) is 24.6 Å². The second kappa shape index (κ2) is 8.91. The number of hydrogen-bond acceptors (Lipinski definition) is 7. The number of hydrogen-bond donors (Lipinski definition) is 3. The highest BCUT2D eigenvalue weighted by Crippen LogP contribution is 2.38. The maximum atomic E-state index is 14.6. The third-order valence-corrected chi connectivity index (χ3v) is 6.37. The number of anilines is 2. The van der Waals surface area contributed by atoms with Crippen LogP contribution in [0.3, 0.4) is 0 Å². The molecule has 10 nitrogen and oxygen atoms in total. The minimum absolute atomic E-state index is 0.121. The molecule has 0 spiro atoms. The van der Waals surface area contributed by atoms with Crippen molar-refractivity contribution in [3.05, 3.63) is 35.7 Å². The monoisotopic (exact) mass is 475 g/mol. The molecule has 0 bridgehead atoms. The van der Waals surface area contributed by atoms with Crippen molar-refractivity contribution in [1.29, 1.82) is 0 Å². The highest BCUT2D eigenvalue weighted by atomic mass is 19.1. The number of alkyl halides is 1. The zero-order valence-electron chi connectivity index (χ0n) is 19.0. The number of fused-ring (bicyclic) bond motifs is 1. The van der Waals surface area contributed by atoms with Crippen molar-refractivity contribution in [3.63, 3.8) is 0 Å². The smallest absolute Gasteiger partial charge is 0.246 e. The van der Waals surface area contributed by atoms with Crippen molar-refractivity contribution in [2.45, 2.75) is 62.9 Å². The summed E-state index contributed by atoms with van der Waals surface area (Å²) in [6, 6.07) is 1.77. The zero-order valence-corrected chi connectivity index (χ0v) is 19.0. The molecule has 12 heteroatoms. The molecule has 0 radical (unpaired) electrons. The molecule has 2 fully saturated rings. The van der Waals surface area contributed by atoms with Crippen molar-refractivity contribution in [2.75, 3.05) is 19.0 Å². The van der Waals surface area contributed by atoms with E-state index in [0.29, 0.717) is 23.9 Å². The second-order valence-electron chi connectivity index (χ2n) is 9.26. The largest absolute Gasteiger partial charge is 0.378 e. The quantitative estimate of drug-likeness (QED) is 0.435. The summed E-state index contributed by atoms with van der Waals surface area (Å²) in [6.07, 6.45) is 3.53. The number of H-pyrrole nitrogens is 1. The number of imidazole rings is 1. The van der Waals surface area contributed by atoms with Gasteiger partial charge in [-0.25, -0.2) is 18.7 Å². The average Bonchev–Trinajstić information content (AvgIpc) is 3.18. The van der Waals surface area contributed by atoms with Gasteiger partial charge in [0, 0.05) is 36.5 Å². The lowest BCUT2D eigenvalue weighted by molar-refractivity contribution is -0.129. The lowest BCUT2D eigenvalue weighted by Crippen LogP contribution is -2.38. The van der Waals surface area contributed by atoms with Crippen LogP contribution in [0.25, 0.3) is 5.65 Å². The number of methoxy groups -OCH3 is 1. The number of amides is 1. The van der Waals surface area contributed by atoms with Crippen LogP contribution < -0.4 is 10.6 Å². The van der Waals surface area contributed by atoms with Crippen molar-refractivity contribution in [2.24, 2.45) is 0 Å². The van der Waals surface area contributed by atoms with E-state index in [4.69, 9.17) is 9.47 Å². The van der Waals surface area contributed by atoms with E-state index in [0.717, 1.165) is 24.7 Å². The van der Waals surface area contributed by atoms with Gasteiger partial charge in [0.15, 0.2) is 17.3 Å². The Labute approximate surface area is 194 Å². The maximum Gasteiger partial charge on any atom is 0.246 e. The van der Waals surface area contributed by atoms with E-state index in [2.05, 4.69) is 30.8 Å². The molecule has 0 unspecified atom stereocenters. The van der Waals surface area contributed by atoms with Crippen molar-refractivity contribution in [1.82, 2.24) is 29.9 Å². The number of aromatic nitrogens is 5. The van der Waals surface area contributed by atoms with Crippen LogP contribution in [0.1, 0.15) is 49.9 Å². The van der Waals surface area contributed by atoms with Crippen LogP contribution >= 0.6 is 0 Å². The second-order valence-corrected chi connectivity index (χ2v) is 9.26. The molecule has 34 heavy (non-hydrogen) atoms. The topological polar surface area (TPSA) is 118 Å². The van der Waals surface area contributed by atoms with E-state index in [-0.39, 0.29) is 42.6 Å². The fraction of sp³-hybridized carbons (Fsp3) is 0.545. The van der Waals surface area contributed by atoms with Gasteiger partial charge in [-0.2, -0.15) is 5.10 Å². The molecule has 3 aromatic heterocycles. The third-order valence-electron chi connectivity index (χ3n) is 6.37. The molecule has 3 heterocycles. The van der Waals surface area contributed by atoms with Crippen LogP contribution in [0.2, 0.25) is 0 Å². The van der Waals surface area contributed by atoms with Crippen molar-refractivity contribution < 1.29 is 23.0 Å². The highest BCUT2D eigenvalue weighted by Gasteiger charge is 2.40. The molecule has 3 N–H and O–H groups in total. The number of nitrogens with zero attached hydrogens (tertiary/aromatic N) is 4. The summed E-state index contributed by atoms with van der Waals surface area (Å²) < 4.78 is 40.9. The molecule has 3 aromatic rings. The van der Waals surface area contributed by atoms with Gasteiger partial charge in [0.1, 0.15) is 12.8 Å². The average molecular weight is 476 g/mol. The van der Waals surface area contributed by atoms with E-state index >= 15 is 0 Å². The standard InChI is InChI=1S/C22H27F2N7O3/c1-22(3-4-22)28-19(32)11-34-17-6-12(5-14(17)23)16-7-18(30-29-16)27-21-25-8-15(24)20-26-13(10-33-2)9-31(20)21/h7-9,12,14,17H,3-6,10-11H2,1-2H3,(H,28,32)(H2,25,27,29,30)/t12-,14+,17-/m0/s1. The summed E-state index contributed by atoms with van der Waals surface area (Å²) in [7, 11) is 1.53. The Morgan fingerprint density at radius 1 is 1.38 bits per heavy atom. The summed E-state index contributed by atoms with van der Waals surface area (Å²) in [5.41, 5.74) is 1.30. The Hall–Kier alpha value is -3.12. The summed E-state index contributed by atoms with van der Waals surface area (Å²) in [4.78, 5) is 20.3. The fourth-order valence-electron chi connectivity index (χ4n) is 4.27. The number of halogens is 2. The lowest BCUT2D eigenvalue weighted by Gasteiger charge is -2.16. The Morgan fingerprint density at radius 2 is 2.21 bits per heavy atom. The molecule has 0 aromatic carbocycles. The summed E-state index contributed by atoms with van der Waals surface area (Å²) in [5, 5.41) is 13.1. The molecule has 5 rings (SSSR count). The van der Waals surface area contributed by atoms with Gasteiger partial charge in [-0.1, -0.05) is 0 Å². The first-order chi connectivity index (χ1) is 16.3. The van der Waals surface area contributed by atoms with Crippen molar-refractivity contribution in [3.8, 4) is 0 Å². The normalized spacial score (nSPS) is 23.4. The van der Waals surface area contributed by atoms with Crippen LogP contribution in [0.15, 0.2) is 18.5 Å². The van der Waals surface area contributed by atoms with Gasteiger partial charge in [-0.05, 0) is 32.6 Å². The molecule has 2 aliphatic rings. The summed E-state index contributed by atoms with van der Waals surface area (Å²) in [5.74, 6) is -0.115. The fourth-order valence-corrected chi connectivity index (χ4v) is 4.27. The molecule has 1 amide bonds. The van der Waals surface area contributed by atoms with E-state index in [9.17, 15) is 13.6 Å². The van der Waals surface area contributed by atoms with Crippen molar-refractivity contribution >= 4 is 23.3 Å². The van der Waals surface area contributed by atoms with Gasteiger partial charge in [0.25, 0.3) is 0 Å². The molecule has 182 valence electrons. The zero-order chi connectivity index (χ0) is 23.9. The molecule has 2 saturated carbocycles. The van der Waals surface area contributed by atoms with Gasteiger partial charge >= 0.3 is 0 Å². The van der Waals surface area contributed by atoms with Gasteiger partial charge in [0.2, 0.25) is 11.9 Å². The Bertz CT molecular complexity index is 1190. The van der Waals surface area contributed by atoms with Gasteiger partial charge in [-0.15, -0.1) is 0 Å². The van der Waals surface area contributed by atoms with E-state index in [1.807, 2.05) is 6.92 Å². The van der Waals surface area contributed by atoms with Crippen LogP contribution in [0.4, 0.5) is 20.5 Å². The number of nitrogens with one attached hydrogen (secondary N) is 3. The predicted molar refractivity (Wildman–Crippen MR) is 118 cm³/mol. The predicted octanol–water partition coefficient (Wildman–Crippen LogP) is 2.75. The number of rotatable bonds is 9. The first kappa shape index (κ1) is 22.7. The first-order valence-electron chi connectivity index (χ1n) is 11.2. The maximum absolute atomic E-state index is 14.6. The minimum atomic E-state index is -1.17. The number of ether oxygens (including phenoxy) is 2. The van der Waals surface area contributed by atoms with E-state index in [1.165, 1.54) is 11.5 Å². The third kappa shape index (κ3) is 4.73. The Balaban J connectivity index is 1.22. The van der Waals surface area contributed by atoms with E-state index < -0.39 is 18.1 Å². The molecule has 2 aliphatic carbocycles. The Kier molecular flexibility index (Phi) is 5.94. The Morgan fingerprint density at radius 3 is 2.97 bits per heavy atom. The lowest BCUT2D eigenvalue weighted by atomic mass is 10.0. The molecule has 0 saturated heterocycles. The SMILES string of the molecule is COCc1cn2c(Nc3cc([C@H]4C[C@@H](F)[C@@H](OCC(=O)NC5(C)CC5)C4)[nH]n3)ncc(F)c2n1. The first-order valence-corrected chi connectivity index (χ1v) is 11.2. The number of carbonyl (C=O) groups excluding carboxylic acids is 1. The minimum Gasteiger partial charge on any atom is -0.378 e. The van der Waals surface area contributed by atoms with Gasteiger partial charge in [-0.3, -0.25) is 14.3 Å². The number of aromatic amines is 1. The number of carbonyl (C=O) groups is 1.